The summed E-state index contributed by atoms with van der Waals surface area (Å²) in [6.07, 6.45) is 58.7. The lowest BCUT2D eigenvalue weighted by Crippen LogP contribution is -2.30. The lowest BCUT2D eigenvalue weighted by molar-refractivity contribution is -0.167. The molecule has 0 spiro atoms. The van der Waals surface area contributed by atoms with Crippen LogP contribution in [0.4, 0.5) is 0 Å². The fourth-order valence-electron chi connectivity index (χ4n) is 4.80. The van der Waals surface area contributed by atoms with Gasteiger partial charge in [-0.3, -0.25) is 14.4 Å². The van der Waals surface area contributed by atoms with Gasteiger partial charge in [0.05, 0.1) is 0 Å². The van der Waals surface area contributed by atoms with Gasteiger partial charge in [0.15, 0.2) is 6.10 Å². The maximum Gasteiger partial charge on any atom is 0.306 e. The van der Waals surface area contributed by atoms with Gasteiger partial charge in [-0.2, -0.15) is 0 Å². The van der Waals surface area contributed by atoms with Gasteiger partial charge < -0.3 is 14.2 Å². The molecule has 0 aromatic heterocycles. The minimum Gasteiger partial charge on any atom is -0.462 e. The maximum absolute atomic E-state index is 12.7. The van der Waals surface area contributed by atoms with Crippen molar-refractivity contribution in [1.29, 1.82) is 0 Å². The van der Waals surface area contributed by atoms with Gasteiger partial charge in [-0.05, 0) is 83.5 Å². The lowest BCUT2D eigenvalue weighted by Gasteiger charge is -2.18. The second kappa shape index (κ2) is 42.3. The van der Waals surface area contributed by atoms with Crippen LogP contribution in [0.5, 0.6) is 0 Å². The quantitative estimate of drug-likeness (QED) is 0.0214. The maximum atomic E-state index is 12.7. The lowest BCUT2D eigenvalue weighted by atomic mass is 10.1. The molecule has 6 heteroatoms. The minimum atomic E-state index is -0.831. The summed E-state index contributed by atoms with van der Waals surface area (Å²) in [5.41, 5.74) is 0. The second-order valence-electron chi connectivity index (χ2n) is 13.0. The summed E-state index contributed by atoms with van der Waals surface area (Å²) in [4.78, 5) is 37.6. The molecule has 0 rings (SSSR count). The van der Waals surface area contributed by atoms with Crippen LogP contribution in [0.25, 0.3) is 0 Å². The normalized spacial score (nSPS) is 13.4. The van der Waals surface area contributed by atoms with Crippen molar-refractivity contribution >= 4 is 17.9 Å². The summed E-state index contributed by atoms with van der Waals surface area (Å²) in [7, 11) is 0. The molecule has 0 aromatic rings. The molecule has 304 valence electrons. The number of hydrogen-bond donors (Lipinski definition) is 0. The van der Waals surface area contributed by atoms with Crippen molar-refractivity contribution in [1.82, 2.24) is 0 Å². The molecule has 0 heterocycles. The van der Waals surface area contributed by atoms with Gasteiger partial charge in [0, 0.05) is 19.3 Å². The van der Waals surface area contributed by atoms with Gasteiger partial charge in [0.2, 0.25) is 0 Å². The van der Waals surface area contributed by atoms with Crippen LogP contribution >= 0.6 is 0 Å². The predicted octanol–water partition coefficient (Wildman–Crippen LogP) is 13.2. The highest BCUT2D eigenvalue weighted by Gasteiger charge is 2.19. The molecule has 0 radical (unpaired) electrons. The summed E-state index contributed by atoms with van der Waals surface area (Å²) in [5.74, 6) is -1.07. The number of carbonyl (C=O) groups excluding carboxylic acids is 3. The molecule has 0 fully saturated rings. The molecule has 55 heavy (non-hydrogen) atoms. The number of esters is 3. The van der Waals surface area contributed by atoms with Gasteiger partial charge in [-0.25, -0.2) is 0 Å². The molecule has 0 aliphatic rings. The number of allylic oxidation sites excluding steroid dienone is 22. The average molecular weight is 757 g/mol. The number of hydrogen-bond acceptors (Lipinski definition) is 6. The molecule has 0 N–H and O–H groups in total. The van der Waals surface area contributed by atoms with Crippen molar-refractivity contribution in [3.63, 3.8) is 0 Å². The smallest absolute Gasteiger partial charge is 0.306 e. The summed E-state index contributed by atoms with van der Waals surface area (Å²) >= 11 is 0. The van der Waals surface area contributed by atoms with E-state index in [9.17, 15) is 14.4 Å². The Kier molecular flexibility index (Phi) is 38.9. The van der Waals surface area contributed by atoms with Crippen molar-refractivity contribution in [2.24, 2.45) is 0 Å². The third-order valence-corrected chi connectivity index (χ3v) is 7.85. The fraction of sp³-hybridized carbons (Fsp3) is 0.490. The van der Waals surface area contributed by atoms with Gasteiger partial charge in [0.1, 0.15) is 13.2 Å². The zero-order valence-corrected chi connectivity index (χ0v) is 34.4. The summed E-state index contributed by atoms with van der Waals surface area (Å²) in [6.45, 7) is 6.07. The molecule has 0 amide bonds. The molecule has 0 bridgehead atoms. The Bertz CT molecular complexity index is 1280. The SMILES string of the molecule is CC\C=C/C=C\C=C/C=C\C=C/CCCCCC(=O)OCC(COC(=O)CCCC/C=C\C/C=C\CC)OC(=O)CCCCC\C=C/C=C\C=C/C=C\CC. The van der Waals surface area contributed by atoms with E-state index in [1.165, 1.54) is 0 Å². The Hall–Kier alpha value is -4.45. The van der Waals surface area contributed by atoms with Crippen molar-refractivity contribution in [3.8, 4) is 0 Å². The molecule has 0 aliphatic carbocycles. The molecule has 0 saturated heterocycles. The monoisotopic (exact) mass is 757 g/mol. The standard InChI is InChI=1S/C49H72O6/c1-4-7-10-13-16-19-21-23-24-26-27-30-33-36-39-42-48(51)54-45-46(44-53-47(50)41-38-35-32-29-18-15-12-9-6-3)55-49(52)43-40-37-34-31-28-25-22-20-17-14-11-8-5-2/h7-14,16-29,46H,4-6,15,30-45H2,1-3H3/b10-7-,11-8-,12-9-,16-13-,17-14-,21-19-,22-20-,24-23-,27-26-,28-25-,29-18-. The van der Waals surface area contributed by atoms with Gasteiger partial charge >= 0.3 is 17.9 Å². The van der Waals surface area contributed by atoms with Crippen LogP contribution in [-0.4, -0.2) is 37.2 Å². The minimum absolute atomic E-state index is 0.131. The molecular formula is C49H72O6. The van der Waals surface area contributed by atoms with Crippen LogP contribution in [0.2, 0.25) is 0 Å². The van der Waals surface area contributed by atoms with Crippen LogP contribution in [0.15, 0.2) is 134 Å². The first-order chi connectivity index (χ1) is 27.0. The Morgan fingerprint density at radius 3 is 1.22 bits per heavy atom. The highest BCUT2D eigenvalue weighted by atomic mass is 16.6. The van der Waals surface area contributed by atoms with Crippen molar-refractivity contribution in [2.45, 2.75) is 142 Å². The van der Waals surface area contributed by atoms with Crippen LogP contribution < -0.4 is 0 Å². The highest BCUT2D eigenvalue weighted by Crippen LogP contribution is 2.10. The zero-order chi connectivity index (χ0) is 40.1. The molecule has 0 aromatic carbocycles. The van der Waals surface area contributed by atoms with Crippen molar-refractivity contribution in [3.05, 3.63) is 134 Å². The van der Waals surface area contributed by atoms with Crippen LogP contribution in [0.3, 0.4) is 0 Å². The van der Waals surface area contributed by atoms with Gasteiger partial charge in [-0.15, -0.1) is 0 Å². The number of ether oxygens (including phenoxy) is 3. The topological polar surface area (TPSA) is 78.9 Å². The van der Waals surface area contributed by atoms with Gasteiger partial charge in [-0.1, -0.05) is 167 Å². The third kappa shape index (κ3) is 40.6. The molecule has 0 aliphatic heterocycles. The number of unbranched alkanes of at least 4 members (excludes halogenated alkanes) is 8. The van der Waals surface area contributed by atoms with Crippen molar-refractivity contribution in [2.75, 3.05) is 13.2 Å². The summed E-state index contributed by atoms with van der Waals surface area (Å²) in [6, 6.07) is 0. The van der Waals surface area contributed by atoms with E-state index in [1.807, 2.05) is 85.1 Å². The zero-order valence-electron chi connectivity index (χ0n) is 34.4. The molecule has 6 nitrogen and oxygen atoms in total. The second-order valence-corrected chi connectivity index (χ2v) is 13.0. The van der Waals surface area contributed by atoms with E-state index < -0.39 is 6.10 Å². The Labute approximate surface area is 334 Å². The van der Waals surface area contributed by atoms with Gasteiger partial charge in [0.25, 0.3) is 0 Å². The van der Waals surface area contributed by atoms with E-state index in [0.29, 0.717) is 25.7 Å². The first-order valence-corrected chi connectivity index (χ1v) is 20.8. The van der Waals surface area contributed by atoms with Crippen LogP contribution in [-0.2, 0) is 28.6 Å². The van der Waals surface area contributed by atoms with Crippen LogP contribution in [0, 0.1) is 0 Å². The van der Waals surface area contributed by atoms with E-state index in [-0.39, 0.29) is 44.0 Å². The number of rotatable bonds is 34. The number of carbonyl (C=O) groups is 3. The van der Waals surface area contributed by atoms with E-state index in [4.69, 9.17) is 14.2 Å². The first kappa shape index (κ1) is 50.5. The Balaban J connectivity index is 4.60. The van der Waals surface area contributed by atoms with E-state index >= 15 is 0 Å². The summed E-state index contributed by atoms with van der Waals surface area (Å²) in [5, 5.41) is 0. The van der Waals surface area contributed by atoms with E-state index in [2.05, 4.69) is 69.4 Å². The van der Waals surface area contributed by atoms with Crippen LogP contribution in [0.1, 0.15) is 136 Å². The molecular weight excluding hydrogens is 685 g/mol. The van der Waals surface area contributed by atoms with Crippen molar-refractivity contribution < 1.29 is 28.6 Å². The Morgan fingerprint density at radius 2 is 0.745 bits per heavy atom. The first-order valence-electron chi connectivity index (χ1n) is 20.8. The van der Waals surface area contributed by atoms with E-state index in [1.54, 1.807) is 0 Å². The largest absolute Gasteiger partial charge is 0.462 e. The third-order valence-electron chi connectivity index (χ3n) is 7.85. The Morgan fingerprint density at radius 1 is 0.382 bits per heavy atom. The van der Waals surface area contributed by atoms with E-state index in [0.717, 1.165) is 77.0 Å². The summed E-state index contributed by atoms with van der Waals surface area (Å²) < 4.78 is 16.5. The molecule has 1 unspecified atom stereocenters. The fourth-order valence-corrected chi connectivity index (χ4v) is 4.80. The molecule has 1 atom stereocenters. The molecule has 0 saturated carbocycles. The predicted molar refractivity (Wildman–Crippen MR) is 232 cm³/mol. The highest BCUT2D eigenvalue weighted by molar-refractivity contribution is 5.71. The average Bonchev–Trinajstić information content (AvgIpc) is 3.18.